The molecule has 0 spiro atoms. The number of carboxylic acids is 1. The summed E-state index contributed by atoms with van der Waals surface area (Å²) < 4.78 is 25.1. The molecule has 34 heavy (non-hydrogen) atoms. The van der Waals surface area contributed by atoms with Crippen LogP contribution >= 0.6 is 0 Å². The van der Waals surface area contributed by atoms with Gasteiger partial charge in [0.25, 0.3) is 0 Å². The van der Waals surface area contributed by atoms with Crippen LogP contribution in [0, 0.1) is 17.7 Å². The number of benzene rings is 4. The van der Waals surface area contributed by atoms with Crippen LogP contribution in [0.1, 0.15) is 11.1 Å². The molecule has 0 saturated carbocycles. The lowest BCUT2D eigenvalue weighted by atomic mass is 10.0. The van der Waals surface area contributed by atoms with Gasteiger partial charge in [0.2, 0.25) is 0 Å². The van der Waals surface area contributed by atoms with Crippen LogP contribution in [0.5, 0.6) is 17.2 Å². The molecule has 0 unspecified atom stereocenters. The Hall–Kier alpha value is -4.56. The molecule has 4 nitrogen and oxygen atoms in total. The van der Waals surface area contributed by atoms with Crippen LogP contribution in [-0.4, -0.2) is 17.7 Å². The van der Waals surface area contributed by atoms with E-state index in [4.69, 9.17) is 14.6 Å². The number of halogens is 1. The number of aliphatic carboxylic acids is 1. The van der Waals surface area contributed by atoms with Crippen molar-refractivity contribution in [3.63, 3.8) is 0 Å². The molecule has 0 atom stereocenters. The van der Waals surface area contributed by atoms with Crippen LogP contribution in [0.2, 0.25) is 0 Å². The number of rotatable bonds is 7. The van der Waals surface area contributed by atoms with Crippen molar-refractivity contribution in [2.24, 2.45) is 0 Å². The fraction of sp³-hybridized carbons (Fsp3) is 0.0690. The number of carbonyl (C=O) groups is 1. The largest absolute Gasteiger partial charge is 0.481 e. The highest BCUT2D eigenvalue weighted by Gasteiger charge is 2.07. The number of hydrogen-bond donors (Lipinski definition) is 1. The third kappa shape index (κ3) is 6.24. The number of para-hydroxylation sites is 2. The van der Waals surface area contributed by atoms with Crippen molar-refractivity contribution >= 4 is 5.97 Å². The molecule has 0 amide bonds. The molecule has 168 valence electrons. The topological polar surface area (TPSA) is 55.8 Å². The molecule has 0 radical (unpaired) electrons. The Morgan fingerprint density at radius 2 is 1.59 bits per heavy atom. The minimum Gasteiger partial charge on any atom is -0.481 e. The van der Waals surface area contributed by atoms with Gasteiger partial charge in [-0.3, -0.25) is 4.79 Å². The molecular formula is C29H21FO4. The Balaban J connectivity index is 1.39. The second-order valence-corrected chi connectivity index (χ2v) is 7.44. The fourth-order valence-electron chi connectivity index (χ4n) is 3.34. The van der Waals surface area contributed by atoms with Gasteiger partial charge in [-0.25, -0.2) is 4.39 Å². The molecule has 0 aliphatic carbocycles. The first kappa shape index (κ1) is 22.6. The summed E-state index contributed by atoms with van der Waals surface area (Å²) in [6, 6.07) is 28.2. The van der Waals surface area contributed by atoms with Crippen LogP contribution < -0.4 is 9.47 Å². The van der Waals surface area contributed by atoms with Gasteiger partial charge in [-0.2, -0.15) is 0 Å². The predicted octanol–water partition coefficient (Wildman–Crippen LogP) is 6.34. The third-order valence-corrected chi connectivity index (χ3v) is 4.91. The zero-order valence-corrected chi connectivity index (χ0v) is 18.2. The highest BCUT2D eigenvalue weighted by Crippen LogP contribution is 2.31. The first-order chi connectivity index (χ1) is 16.6. The molecule has 1 N–H and O–H groups in total. The molecule has 0 aromatic heterocycles. The summed E-state index contributed by atoms with van der Waals surface area (Å²) in [6.07, 6.45) is -0.0752. The van der Waals surface area contributed by atoms with Crippen LogP contribution in [-0.2, 0) is 11.2 Å². The van der Waals surface area contributed by atoms with E-state index in [-0.39, 0.29) is 18.8 Å². The van der Waals surface area contributed by atoms with Crippen molar-refractivity contribution in [1.29, 1.82) is 0 Å². The molecule has 0 aliphatic rings. The Morgan fingerprint density at radius 1 is 0.824 bits per heavy atom. The molecule has 4 aromatic carbocycles. The summed E-state index contributed by atoms with van der Waals surface area (Å²) in [4.78, 5) is 10.9. The van der Waals surface area contributed by atoms with Crippen molar-refractivity contribution in [2.75, 3.05) is 6.61 Å². The first-order valence-electron chi connectivity index (χ1n) is 10.6. The summed E-state index contributed by atoms with van der Waals surface area (Å²) in [5.74, 6) is 6.44. The lowest BCUT2D eigenvalue weighted by Gasteiger charge is -2.11. The Bertz CT molecular complexity index is 1350. The van der Waals surface area contributed by atoms with Gasteiger partial charge >= 0.3 is 5.97 Å². The lowest BCUT2D eigenvalue weighted by Crippen LogP contribution is -2.00. The van der Waals surface area contributed by atoms with E-state index in [1.807, 2.05) is 42.5 Å². The summed E-state index contributed by atoms with van der Waals surface area (Å²) in [5, 5.41) is 8.98. The number of ether oxygens (including phenoxy) is 2. The van der Waals surface area contributed by atoms with E-state index >= 15 is 0 Å². The Morgan fingerprint density at radius 3 is 2.35 bits per heavy atom. The standard InChI is InChI=1S/C29H21FO4/c30-25-9-4-8-24(20-25)23-15-13-21(14-16-23)7-5-17-33-27-11-1-2-12-28(27)34-26-10-3-6-22(18-26)19-29(31)32/h1-4,6,8-16,18,20H,17,19H2,(H,31,32). The van der Waals surface area contributed by atoms with Crippen LogP contribution in [0.15, 0.2) is 97.1 Å². The van der Waals surface area contributed by atoms with E-state index in [2.05, 4.69) is 11.8 Å². The SMILES string of the molecule is O=C(O)Cc1cccc(Oc2ccccc2OCC#Cc2ccc(-c3cccc(F)c3)cc2)c1. The average Bonchev–Trinajstić information content (AvgIpc) is 2.83. The van der Waals surface area contributed by atoms with Crippen molar-refractivity contribution < 1.29 is 23.8 Å². The maximum absolute atomic E-state index is 13.4. The van der Waals surface area contributed by atoms with Gasteiger partial charge in [-0.15, -0.1) is 0 Å². The normalized spacial score (nSPS) is 10.1. The summed E-state index contributed by atoms with van der Waals surface area (Å²) >= 11 is 0. The molecule has 0 saturated heterocycles. The molecule has 4 aromatic rings. The lowest BCUT2D eigenvalue weighted by molar-refractivity contribution is -0.136. The van der Waals surface area contributed by atoms with Gasteiger partial charge in [0.05, 0.1) is 6.42 Å². The van der Waals surface area contributed by atoms with Gasteiger partial charge in [-0.1, -0.05) is 60.4 Å². The molecule has 5 heteroatoms. The van der Waals surface area contributed by atoms with Crippen molar-refractivity contribution in [3.05, 3.63) is 114 Å². The highest BCUT2D eigenvalue weighted by molar-refractivity contribution is 5.70. The summed E-state index contributed by atoms with van der Waals surface area (Å²) in [5.41, 5.74) is 3.20. The minimum absolute atomic E-state index is 0.0752. The highest BCUT2D eigenvalue weighted by atomic mass is 19.1. The van der Waals surface area contributed by atoms with Crippen molar-refractivity contribution in [2.45, 2.75) is 6.42 Å². The van der Waals surface area contributed by atoms with Crippen LogP contribution in [0.4, 0.5) is 4.39 Å². The van der Waals surface area contributed by atoms with E-state index in [0.29, 0.717) is 22.8 Å². The van der Waals surface area contributed by atoms with Gasteiger partial charge in [0.1, 0.15) is 18.2 Å². The van der Waals surface area contributed by atoms with Gasteiger partial charge in [-0.05, 0) is 65.2 Å². The second-order valence-electron chi connectivity index (χ2n) is 7.44. The van der Waals surface area contributed by atoms with E-state index in [9.17, 15) is 9.18 Å². The zero-order chi connectivity index (χ0) is 23.8. The molecule has 0 aliphatic heterocycles. The molecule has 4 rings (SSSR count). The van der Waals surface area contributed by atoms with Crippen molar-refractivity contribution in [1.82, 2.24) is 0 Å². The second kappa shape index (κ2) is 10.8. The maximum atomic E-state index is 13.4. The average molecular weight is 452 g/mol. The van der Waals surface area contributed by atoms with Gasteiger partial charge in [0.15, 0.2) is 11.5 Å². The minimum atomic E-state index is -0.900. The molecule has 0 heterocycles. The number of carboxylic acid groups (broad SMARTS) is 1. The molecule has 0 fully saturated rings. The summed E-state index contributed by atoms with van der Waals surface area (Å²) in [6.45, 7) is 0.158. The summed E-state index contributed by atoms with van der Waals surface area (Å²) in [7, 11) is 0. The molecular weight excluding hydrogens is 431 g/mol. The molecule has 0 bridgehead atoms. The van der Waals surface area contributed by atoms with E-state index in [0.717, 1.165) is 16.7 Å². The number of hydrogen-bond acceptors (Lipinski definition) is 3. The fourth-order valence-corrected chi connectivity index (χ4v) is 3.34. The van der Waals surface area contributed by atoms with Crippen LogP contribution in [0.25, 0.3) is 11.1 Å². The quantitative estimate of drug-likeness (QED) is 0.332. The van der Waals surface area contributed by atoms with Crippen molar-refractivity contribution in [3.8, 4) is 40.2 Å². The monoisotopic (exact) mass is 452 g/mol. The predicted molar refractivity (Wildman–Crippen MR) is 129 cm³/mol. The van der Waals surface area contributed by atoms with E-state index < -0.39 is 5.97 Å². The third-order valence-electron chi connectivity index (χ3n) is 4.91. The van der Waals surface area contributed by atoms with E-state index in [1.54, 1.807) is 42.5 Å². The van der Waals surface area contributed by atoms with Crippen LogP contribution in [0.3, 0.4) is 0 Å². The maximum Gasteiger partial charge on any atom is 0.307 e. The smallest absolute Gasteiger partial charge is 0.307 e. The Labute approximate surface area is 197 Å². The van der Waals surface area contributed by atoms with E-state index in [1.165, 1.54) is 12.1 Å². The zero-order valence-electron chi connectivity index (χ0n) is 18.2. The Kier molecular flexibility index (Phi) is 7.22. The van der Waals surface area contributed by atoms with Gasteiger partial charge < -0.3 is 14.6 Å². The first-order valence-corrected chi connectivity index (χ1v) is 10.6. The van der Waals surface area contributed by atoms with Gasteiger partial charge in [0, 0.05) is 5.56 Å².